The fraction of sp³-hybridized carbons (Fsp3) is 0.176. The number of methoxy groups -OCH3 is 1. The lowest BCUT2D eigenvalue weighted by molar-refractivity contribution is -0.384. The minimum atomic E-state index is -0.473. The van der Waals surface area contributed by atoms with Gasteiger partial charge in [-0.1, -0.05) is 24.3 Å². The van der Waals surface area contributed by atoms with E-state index in [0.717, 1.165) is 11.3 Å². The molecule has 24 heavy (non-hydrogen) atoms. The average molecular weight is 327 g/mol. The summed E-state index contributed by atoms with van der Waals surface area (Å²) in [4.78, 5) is 22.2. The van der Waals surface area contributed by atoms with E-state index in [2.05, 4.69) is 10.5 Å². The van der Waals surface area contributed by atoms with Crippen molar-refractivity contribution in [2.75, 3.05) is 7.11 Å². The standard InChI is InChI=1S/C17H17N3O4/c1-12(14-4-3-5-15(11-14)20(22)23)18-19-17(21)10-13-6-8-16(24-2)9-7-13/h3-9,11H,10H2,1-2H3,(H,19,21)/b18-12+. The van der Waals surface area contributed by atoms with E-state index in [-0.39, 0.29) is 18.0 Å². The Labute approximate surface area is 139 Å². The molecule has 0 heterocycles. The molecule has 2 rings (SSSR count). The minimum Gasteiger partial charge on any atom is -0.497 e. The first-order valence-corrected chi connectivity index (χ1v) is 7.20. The van der Waals surface area contributed by atoms with Crippen LogP contribution in [0.25, 0.3) is 0 Å². The minimum absolute atomic E-state index is 0.0217. The van der Waals surface area contributed by atoms with Gasteiger partial charge in [0.15, 0.2) is 0 Å². The van der Waals surface area contributed by atoms with Crippen molar-refractivity contribution in [3.05, 3.63) is 69.8 Å². The number of benzene rings is 2. The van der Waals surface area contributed by atoms with Crippen molar-refractivity contribution in [3.63, 3.8) is 0 Å². The number of hydrogen-bond donors (Lipinski definition) is 1. The first-order valence-electron chi connectivity index (χ1n) is 7.20. The molecule has 0 unspecified atom stereocenters. The number of rotatable bonds is 6. The molecule has 0 aliphatic carbocycles. The molecule has 0 bridgehead atoms. The highest BCUT2D eigenvalue weighted by Crippen LogP contribution is 2.14. The predicted octanol–water partition coefficient (Wildman–Crippen LogP) is 2.69. The lowest BCUT2D eigenvalue weighted by Crippen LogP contribution is -2.21. The van der Waals surface area contributed by atoms with Crippen LogP contribution in [0.4, 0.5) is 5.69 Å². The van der Waals surface area contributed by atoms with Crippen LogP contribution in [-0.4, -0.2) is 23.7 Å². The molecule has 7 nitrogen and oxygen atoms in total. The van der Waals surface area contributed by atoms with Gasteiger partial charge >= 0.3 is 0 Å². The molecule has 1 N–H and O–H groups in total. The van der Waals surface area contributed by atoms with E-state index >= 15 is 0 Å². The third-order valence-corrected chi connectivity index (χ3v) is 3.35. The van der Waals surface area contributed by atoms with Gasteiger partial charge in [-0.05, 0) is 24.6 Å². The number of nitro benzene ring substituents is 1. The topological polar surface area (TPSA) is 93.8 Å². The van der Waals surface area contributed by atoms with Crippen molar-refractivity contribution in [3.8, 4) is 5.75 Å². The summed E-state index contributed by atoms with van der Waals surface area (Å²) in [6.07, 6.45) is 0.176. The zero-order chi connectivity index (χ0) is 17.5. The highest BCUT2D eigenvalue weighted by atomic mass is 16.6. The molecule has 0 radical (unpaired) electrons. The lowest BCUT2D eigenvalue weighted by atomic mass is 10.1. The molecular weight excluding hydrogens is 310 g/mol. The summed E-state index contributed by atoms with van der Waals surface area (Å²) in [5.41, 5.74) is 4.33. The number of hydrazone groups is 1. The maximum Gasteiger partial charge on any atom is 0.270 e. The number of carbonyl (C=O) groups is 1. The molecule has 0 aliphatic heterocycles. The molecule has 0 saturated heterocycles. The van der Waals surface area contributed by atoms with Gasteiger partial charge in [0, 0.05) is 17.7 Å². The van der Waals surface area contributed by atoms with Crippen LogP contribution in [0.3, 0.4) is 0 Å². The number of hydrogen-bond acceptors (Lipinski definition) is 5. The van der Waals surface area contributed by atoms with E-state index in [1.165, 1.54) is 12.1 Å². The zero-order valence-electron chi connectivity index (χ0n) is 13.4. The van der Waals surface area contributed by atoms with Crippen molar-refractivity contribution >= 4 is 17.3 Å². The monoisotopic (exact) mass is 327 g/mol. The smallest absolute Gasteiger partial charge is 0.270 e. The van der Waals surface area contributed by atoms with E-state index in [9.17, 15) is 14.9 Å². The predicted molar refractivity (Wildman–Crippen MR) is 90.1 cm³/mol. The van der Waals surface area contributed by atoms with Crippen LogP contribution < -0.4 is 10.2 Å². The number of non-ortho nitro benzene ring substituents is 1. The zero-order valence-corrected chi connectivity index (χ0v) is 13.4. The summed E-state index contributed by atoms with van der Waals surface area (Å²) in [5.74, 6) is 0.448. The molecule has 2 aromatic rings. The Kier molecular flexibility index (Phi) is 5.62. The second kappa shape index (κ2) is 7.87. The Morgan fingerprint density at radius 1 is 1.25 bits per heavy atom. The quantitative estimate of drug-likeness (QED) is 0.501. The van der Waals surface area contributed by atoms with Crippen LogP contribution in [-0.2, 0) is 11.2 Å². The molecule has 0 fully saturated rings. The molecule has 0 aromatic heterocycles. The Bertz CT molecular complexity index is 770. The van der Waals surface area contributed by atoms with Crippen LogP contribution >= 0.6 is 0 Å². The van der Waals surface area contributed by atoms with Gasteiger partial charge in [-0.3, -0.25) is 14.9 Å². The Morgan fingerprint density at radius 2 is 1.96 bits per heavy atom. The molecular formula is C17H17N3O4. The Morgan fingerprint density at radius 3 is 2.58 bits per heavy atom. The van der Waals surface area contributed by atoms with Crippen molar-refractivity contribution in [2.45, 2.75) is 13.3 Å². The van der Waals surface area contributed by atoms with E-state index in [1.54, 1.807) is 50.4 Å². The van der Waals surface area contributed by atoms with Crippen LogP contribution in [0, 0.1) is 10.1 Å². The van der Waals surface area contributed by atoms with E-state index < -0.39 is 4.92 Å². The normalized spacial score (nSPS) is 11.0. The Hall–Kier alpha value is -3.22. The largest absolute Gasteiger partial charge is 0.497 e. The summed E-state index contributed by atoms with van der Waals surface area (Å²) in [6, 6.07) is 13.2. The van der Waals surface area contributed by atoms with Gasteiger partial charge in [-0.15, -0.1) is 0 Å². The van der Waals surface area contributed by atoms with Gasteiger partial charge in [0.25, 0.3) is 5.69 Å². The van der Waals surface area contributed by atoms with E-state index in [0.29, 0.717) is 11.3 Å². The number of nitrogens with one attached hydrogen (secondary N) is 1. The van der Waals surface area contributed by atoms with Crippen LogP contribution in [0.15, 0.2) is 53.6 Å². The molecule has 124 valence electrons. The number of amides is 1. The second-order valence-electron chi connectivity index (χ2n) is 5.06. The summed E-state index contributed by atoms with van der Waals surface area (Å²) >= 11 is 0. The maximum atomic E-state index is 11.9. The summed E-state index contributed by atoms with van der Waals surface area (Å²) in [7, 11) is 1.58. The van der Waals surface area contributed by atoms with Crippen molar-refractivity contribution in [1.29, 1.82) is 0 Å². The second-order valence-corrected chi connectivity index (χ2v) is 5.06. The molecule has 1 amide bonds. The van der Waals surface area contributed by atoms with Gasteiger partial charge in [-0.2, -0.15) is 5.10 Å². The third-order valence-electron chi connectivity index (χ3n) is 3.35. The number of carbonyl (C=O) groups excluding carboxylic acids is 1. The van der Waals surface area contributed by atoms with Crippen molar-refractivity contribution in [1.82, 2.24) is 5.43 Å². The van der Waals surface area contributed by atoms with Gasteiger partial charge < -0.3 is 4.74 Å². The van der Waals surface area contributed by atoms with Crippen molar-refractivity contribution < 1.29 is 14.5 Å². The maximum absolute atomic E-state index is 11.9. The first kappa shape index (κ1) is 17.1. The van der Waals surface area contributed by atoms with Crippen LogP contribution in [0.5, 0.6) is 5.75 Å². The third kappa shape index (κ3) is 4.64. The van der Waals surface area contributed by atoms with Gasteiger partial charge in [0.1, 0.15) is 5.75 Å². The molecule has 2 aromatic carbocycles. The SMILES string of the molecule is COc1ccc(CC(=O)N/N=C(\C)c2cccc([N+](=O)[O-])c2)cc1. The van der Waals surface area contributed by atoms with Gasteiger partial charge in [-0.25, -0.2) is 5.43 Å². The Balaban J connectivity index is 1.99. The highest BCUT2D eigenvalue weighted by molar-refractivity contribution is 5.99. The average Bonchev–Trinajstić information content (AvgIpc) is 2.60. The summed E-state index contributed by atoms with van der Waals surface area (Å²) in [6.45, 7) is 1.67. The molecule has 0 saturated carbocycles. The number of nitrogens with zero attached hydrogens (tertiary/aromatic N) is 2. The highest BCUT2D eigenvalue weighted by Gasteiger charge is 2.08. The number of ether oxygens (including phenoxy) is 1. The summed E-state index contributed by atoms with van der Waals surface area (Å²) in [5, 5.41) is 14.8. The van der Waals surface area contributed by atoms with Gasteiger partial charge in [0.2, 0.25) is 5.91 Å². The first-order chi connectivity index (χ1) is 11.5. The fourth-order valence-corrected chi connectivity index (χ4v) is 2.02. The number of nitro groups is 1. The molecule has 7 heteroatoms. The fourth-order valence-electron chi connectivity index (χ4n) is 2.02. The van der Waals surface area contributed by atoms with Crippen molar-refractivity contribution in [2.24, 2.45) is 5.10 Å². The summed E-state index contributed by atoms with van der Waals surface area (Å²) < 4.78 is 5.06. The molecule has 0 aliphatic rings. The van der Waals surface area contributed by atoms with E-state index in [1.807, 2.05) is 0 Å². The lowest BCUT2D eigenvalue weighted by Gasteiger charge is -2.04. The molecule has 0 spiro atoms. The molecule has 0 atom stereocenters. The van der Waals surface area contributed by atoms with E-state index in [4.69, 9.17) is 4.74 Å². The van der Waals surface area contributed by atoms with Gasteiger partial charge in [0.05, 0.1) is 24.2 Å². The van der Waals surface area contributed by atoms with Crippen LogP contribution in [0.2, 0.25) is 0 Å². The van der Waals surface area contributed by atoms with Crippen LogP contribution in [0.1, 0.15) is 18.1 Å².